The van der Waals surface area contributed by atoms with Crippen LogP contribution >= 0.6 is 0 Å². The van der Waals surface area contributed by atoms with Gasteiger partial charge in [-0.25, -0.2) is 0 Å². The van der Waals surface area contributed by atoms with E-state index in [4.69, 9.17) is 0 Å². The number of hydrogen-bond donors (Lipinski definition) is 1. The van der Waals surface area contributed by atoms with E-state index in [2.05, 4.69) is 31.0 Å². The molecule has 17 heavy (non-hydrogen) atoms. The second-order valence-electron chi connectivity index (χ2n) is 6.06. The Morgan fingerprint density at radius 3 is 2.41 bits per heavy atom. The summed E-state index contributed by atoms with van der Waals surface area (Å²) in [4.78, 5) is 2.82. The van der Waals surface area contributed by atoms with Gasteiger partial charge in [0.1, 0.15) is 0 Å². The highest BCUT2D eigenvalue weighted by molar-refractivity contribution is 5.01. The molecule has 2 fully saturated rings. The normalized spacial score (nSPS) is 29.5. The fourth-order valence-electron chi connectivity index (χ4n) is 3.37. The first-order valence-corrected chi connectivity index (χ1v) is 7.74. The minimum absolute atomic E-state index is 0.445. The lowest BCUT2D eigenvalue weighted by molar-refractivity contribution is 0.0262. The summed E-state index contributed by atoms with van der Waals surface area (Å²) in [6.45, 7) is 10.9. The lowest BCUT2D eigenvalue weighted by atomic mass is 9.86. The van der Waals surface area contributed by atoms with Gasteiger partial charge in [0, 0.05) is 24.7 Å². The van der Waals surface area contributed by atoms with Crippen molar-refractivity contribution >= 4 is 0 Å². The lowest BCUT2D eigenvalue weighted by Gasteiger charge is -2.50. The van der Waals surface area contributed by atoms with E-state index in [0.29, 0.717) is 5.54 Å². The number of piperazine rings is 1. The van der Waals surface area contributed by atoms with Gasteiger partial charge in [0.15, 0.2) is 0 Å². The SMILES string of the molecule is CCCCN1CC(C2CC2)NCC1(CC)CC. The number of hydrogen-bond acceptors (Lipinski definition) is 2. The van der Waals surface area contributed by atoms with Crippen molar-refractivity contribution in [3.63, 3.8) is 0 Å². The number of nitrogens with one attached hydrogen (secondary N) is 1. The zero-order valence-corrected chi connectivity index (χ0v) is 12.0. The van der Waals surface area contributed by atoms with Crippen molar-refractivity contribution in [2.24, 2.45) is 5.92 Å². The molecule has 0 spiro atoms. The van der Waals surface area contributed by atoms with Crippen LogP contribution in [0.3, 0.4) is 0 Å². The van der Waals surface area contributed by atoms with Gasteiger partial charge in [0.2, 0.25) is 0 Å². The molecule has 2 rings (SSSR count). The second-order valence-corrected chi connectivity index (χ2v) is 6.06. The van der Waals surface area contributed by atoms with E-state index in [1.54, 1.807) is 0 Å². The Hall–Kier alpha value is -0.0800. The summed E-state index contributed by atoms with van der Waals surface area (Å²) in [5, 5.41) is 3.84. The molecule has 2 aliphatic rings. The smallest absolute Gasteiger partial charge is 0.0329 e. The molecular formula is C15H30N2. The van der Waals surface area contributed by atoms with Gasteiger partial charge in [-0.2, -0.15) is 0 Å². The van der Waals surface area contributed by atoms with E-state index in [1.165, 1.54) is 58.2 Å². The Balaban J connectivity index is 1.99. The summed E-state index contributed by atoms with van der Waals surface area (Å²) < 4.78 is 0. The Kier molecular flexibility index (Phi) is 4.48. The van der Waals surface area contributed by atoms with Crippen LogP contribution in [0.4, 0.5) is 0 Å². The Labute approximate surface area is 107 Å². The molecular weight excluding hydrogens is 208 g/mol. The van der Waals surface area contributed by atoms with Gasteiger partial charge in [-0.05, 0) is 44.6 Å². The van der Waals surface area contributed by atoms with Gasteiger partial charge >= 0.3 is 0 Å². The predicted octanol–water partition coefficient (Wildman–Crippen LogP) is 3.03. The highest BCUT2D eigenvalue weighted by Crippen LogP contribution is 2.37. The molecule has 1 atom stereocenters. The van der Waals surface area contributed by atoms with Crippen LogP contribution < -0.4 is 5.32 Å². The standard InChI is InChI=1S/C15H30N2/c1-4-7-10-17-11-14(13-8-9-13)16-12-15(17,5-2)6-3/h13-14,16H,4-12H2,1-3H3. The van der Waals surface area contributed by atoms with E-state index in [-0.39, 0.29) is 0 Å². The second kappa shape index (κ2) is 5.71. The highest BCUT2D eigenvalue weighted by atomic mass is 15.3. The summed E-state index contributed by atoms with van der Waals surface area (Å²) >= 11 is 0. The molecule has 1 unspecified atom stereocenters. The van der Waals surface area contributed by atoms with Crippen molar-refractivity contribution in [3.8, 4) is 0 Å². The van der Waals surface area contributed by atoms with Gasteiger partial charge in [-0.1, -0.05) is 27.2 Å². The van der Waals surface area contributed by atoms with Crippen LogP contribution in [-0.4, -0.2) is 36.1 Å². The first-order chi connectivity index (χ1) is 8.25. The topological polar surface area (TPSA) is 15.3 Å². The Morgan fingerprint density at radius 2 is 1.88 bits per heavy atom. The van der Waals surface area contributed by atoms with Gasteiger partial charge in [0.05, 0.1) is 0 Å². The van der Waals surface area contributed by atoms with Crippen molar-refractivity contribution in [1.29, 1.82) is 0 Å². The molecule has 1 saturated heterocycles. The maximum atomic E-state index is 3.84. The molecule has 1 aliphatic carbocycles. The van der Waals surface area contributed by atoms with E-state index in [9.17, 15) is 0 Å². The molecule has 1 saturated carbocycles. The maximum absolute atomic E-state index is 3.84. The summed E-state index contributed by atoms with van der Waals surface area (Å²) in [5.41, 5.74) is 0.445. The number of nitrogens with zero attached hydrogens (tertiary/aromatic N) is 1. The molecule has 2 heteroatoms. The van der Waals surface area contributed by atoms with Crippen molar-refractivity contribution in [3.05, 3.63) is 0 Å². The summed E-state index contributed by atoms with van der Waals surface area (Å²) in [7, 11) is 0. The van der Waals surface area contributed by atoms with Crippen LogP contribution in [0.5, 0.6) is 0 Å². The molecule has 1 heterocycles. The quantitative estimate of drug-likeness (QED) is 0.765. The van der Waals surface area contributed by atoms with Crippen molar-refractivity contribution in [2.45, 2.75) is 70.9 Å². The minimum atomic E-state index is 0.445. The van der Waals surface area contributed by atoms with Gasteiger partial charge in [-0.15, -0.1) is 0 Å². The molecule has 2 nitrogen and oxygen atoms in total. The zero-order valence-electron chi connectivity index (χ0n) is 12.0. The average molecular weight is 238 g/mol. The highest BCUT2D eigenvalue weighted by Gasteiger charge is 2.42. The number of unbranched alkanes of at least 4 members (excludes halogenated alkanes) is 1. The number of rotatable bonds is 6. The Bertz CT molecular complexity index is 231. The van der Waals surface area contributed by atoms with Crippen LogP contribution in [0.25, 0.3) is 0 Å². The summed E-state index contributed by atoms with van der Waals surface area (Å²) in [6, 6.07) is 0.790. The predicted molar refractivity (Wildman–Crippen MR) is 74.3 cm³/mol. The third-order valence-electron chi connectivity index (χ3n) is 5.07. The fraction of sp³-hybridized carbons (Fsp3) is 1.00. The van der Waals surface area contributed by atoms with Crippen molar-refractivity contribution in [2.75, 3.05) is 19.6 Å². The molecule has 0 bridgehead atoms. The van der Waals surface area contributed by atoms with Crippen LogP contribution in [-0.2, 0) is 0 Å². The first kappa shape index (κ1) is 13.4. The summed E-state index contributed by atoms with van der Waals surface area (Å²) in [6.07, 6.45) is 8.19. The molecule has 0 radical (unpaired) electrons. The van der Waals surface area contributed by atoms with Crippen molar-refractivity contribution in [1.82, 2.24) is 10.2 Å². The van der Waals surface area contributed by atoms with Gasteiger partial charge in [0.25, 0.3) is 0 Å². The van der Waals surface area contributed by atoms with Crippen LogP contribution in [0.2, 0.25) is 0 Å². The fourth-order valence-corrected chi connectivity index (χ4v) is 3.37. The third-order valence-corrected chi connectivity index (χ3v) is 5.07. The maximum Gasteiger partial charge on any atom is 0.0329 e. The van der Waals surface area contributed by atoms with Crippen LogP contribution in [0, 0.1) is 5.92 Å². The molecule has 0 aromatic carbocycles. The van der Waals surface area contributed by atoms with Crippen molar-refractivity contribution < 1.29 is 0 Å². The minimum Gasteiger partial charge on any atom is -0.311 e. The van der Waals surface area contributed by atoms with Crippen LogP contribution in [0.1, 0.15) is 59.3 Å². The first-order valence-electron chi connectivity index (χ1n) is 7.74. The van der Waals surface area contributed by atoms with E-state index >= 15 is 0 Å². The molecule has 1 aliphatic heterocycles. The molecule has 100 valence electrons. The Morgan fingerprint density at radius 1 is 1.18 bits per heavy atom. The third kappa shape index (κ3) is 2.85. The monoisotopic (exact) mass is 238 g/mol. The molecule has 0 amide bonds. The largest absolute Gasteiger partial charge is 0.311 e. The van der Waals surface area contributed by atoms with Gasteiger partial charge in [-0.3, -0.25) is 4.90 Å². The molecule has 0 aromatic rings. The van der Waals surface area contributed by atoms with Crippen LogP contribution in [0.15, 0.2) is 0 Å². The molecule has 1 N–H and O–H groups in total. The van der Waals surface area contributed by atoms with E-state index in [1.807, 2.05) is 0 Å². The average Bonchev–Trinajstić information content (AvgIpc) is 3.20. The zero-order chi connectivity index (χ0) is 12.3. The molecule has 0 aromatic heterocycles. The summed E-state index contributed by atoms with van der Waals surface area (Å²) in [5.74, 6) is 0.992. The van der Waals surface area contributed by atoms with E-state index in [0.717, 1.165) is 12.0 Å². The van der Waals surface area contributed by atoms with E-state index < -0.39 is 0 Å². The van der Waals surface area contributed by atoms with Gasteiger partial charge < -0.3 is 5.32 Å². The lowest BCUT2D eigenvalue weighted by Crippen LogP contribution is -2.64.